The summed E-state index contributed by atoms with van der Waals surface area (Å²) in [5.41, 5.74) is 0.198. The van der Waals surface area contributed by atoms with E-state index < -0.39 is 18.4 Å². The lowest BCUT2D eigenvalue weighted by atomic mass is 10.1. The van der Waals surface area contributed by atoms with Crippen molar-refractivity contribution in [3.63, 3.8) is 0 Å². The van der Waals surface area contributed by atoms with Crippen LogP contribution in [0.4, 0.5) is 4.39 Å². The maximum absolute atomic E-state index is 13.1. The van der Waals surface area contributed by atoms with Gasteiger partial charge in [0.05, 0.1) is 0 Å². The van der Waals surface area contributed by atoms with Gasteiger partial charge in [-0.3, -0.25) is 0 Å². The molecule has 0 spiro atoms. The zero-order chi connectivity index (χ0) is 11.8. The third-order valence-corrected chi connectivity index (χ3v) is 1.91. The standard InChI is InChI=1S/C11H19FO3/c1-4-6-9(12)7-8(3)11(14)15-10(13)5-2/h7,9-10,13H,4-6H2,1-3H3/b8-7+. The molecule has 0 aromatic rings. The molecule has 0 saturated heterocycles. The van der Waals surface area contributed by atoms with Gasteiger partial charge in [0.25, 0.3) is 0 Å². The fourth-order valence-corrected chi connectivity index (χ4v) is 0.998. The summed E-state index contributed by atoms with van der Waals surface area (Å²) in [5.74, 6) is -0.664. The number of aliphatic hydroxyl groups is 1. The summed E-state index contributed by atoms with van der Waals surface area (Å²) < 4.78 is 17.7. The predicted octanol–water partition coefficient (Wildman–Crippen LogP) is 2.34. The lowest BCUT2D eigenvalue weighted by Gasteiger charge is -2.10. The average molecular weight is 218 g/mol. The van der Waals surface area contributed by atoms with E-state index in [1.165, 1.54) is 13.0 Å². The molecule has 0 rings (SSSR count). The van der Waals surface area contributed by atoms with Crippen molar-refractivity contribution in [2.45, 2.75) is 52.5 Å². The number of esters is 1. The van der Waals surface area contributed by atoms with Crippen molar-refractivity contribution in [2.75, 3.05) is 0 Å². The highest BCUT2D eigenvalue weighted by Gasteiger charge is 2.12. The number of carbonyl (C=O) groups is 1. The summed E-state index contributed by atoms with van der Waals surface area (Å²) in [6.07, 6.45) is 0.436. The fourth-order valence-electron chi connectivity index (χ4n) is 0.998. The maximum Gasteiger partial charge on any atom is 0.335 e. The summed E-state index contributed by atoms with van der Waals surface area (Å²) in [6, 6.07) is 0. The van der Waals surface area contributed by atoms with E-state index in [-0.39, 0.29) is 5.57 Å². The van der Waals surface area contributed by atoms with Crippen LogP contribution < -0.4 is 0 Å². The highest BCUT2D eigenvalue weighted by atomic mass is 19.1. The van der Waals surface area contributed by atoms with E-state index in [2.05, 4.69) is 4.74 Å². The van der Waals surface area contributed by atoms with Gasteiger partial charge in [0.1, 0.15) is 6.17 Å². The van der Waals surface area contributed by atoms with E-state index in [1.807, 2.05) is 6.92 Å². The number of rotatable bonds is 6. The Labute approximate surface area is 89.9 Å². The molecular formula is C11H19FO3. The molecule has 0 bridgehead atoms. The van der Waals surface area contributed by atoms with Crippen LogP contribution in [0.25, 0.3) is 0 Å². The third kappa shape index (κ3) is 6.23. The van der Waals surface area contributed by atoms with E-state index in [9.17, 15) is 9.18 Å². The first-order valence-electron chi connectivity index (χ1n) is 5.22. The van der Waals surface area contributed by atoms with Crippen LogP contribution in [-0.2, 0) is 9.53 Å². The first-order valence-corrected chi connectivity index (χ1v) is 5.22. The van der Waals surface area contributed by atoms with E-state index in [1.54, 1.807) is 6.92 Å². The number of hydrogen-bond acceptors (Lipinski definition) is 3. The molecule has 88 valence electrons. The van der Waals surface area contributed by atoms with E-state index in [0.717, 1.165) is 6.42 Å². The molecule has 15 heavy (non-hydrogen) atoms. The van der Waals surface area contributed by atoms with Crippen LogP contribution in [0.5, 0.6) is 0 Å². The van der Waals surface area contributed by atoms with Crippen LogP contribution in [0.3, 0.4) is 0 Å². The van der Waals surface area contributed by atoms with E-state index >= 15 is 0 Å². The van der Waals surface area contributed by atoms with Crippen molar-refractivity contribution < 1.29 is 19.0 Å². The van der Waals surface area contributed by atoms with Crippen LogP contribution in [-0.4, -0.2) is 23.5 Å². The third-order valence-electron chi connectivity index (χ3n) is 1.91. The topological polar surface area (TPSA) is 46.5 Å². The highest BCUT2D eigenvalue weighted by Crippen LogP contribution is 2.08. The maximum atomic E-state index is 13.1. The first-order chi connectivity index (χ1) is 7.01. The summed E-state index contributed by atoms with van der Waals surface area (Å²) in [6.45, 7) is 5.04. The Kier molecular flexibility index (Phi) is 6.96. The Bertz CT molecular complexity index is 226. The minimum absolute atomic E-state index is 0.198. The van der Waals surface area contributed by atoms with Gasteiger partial charge >= 0.3 is 5.97 Å². The number of aliphatic hydroxyl groups excluding tert-OH is 1. The van der Waals surface area contributed by atoms with Gasteiger partial charge in [0.2, 0.25) is 6.29 Å². The summed E-state index contributed by atoms with van der Waals surface area (Å²) in [5, 5.41) is 9.05. The molecule has 0 aromatic carbocycles. The number of hydrogen-bond donors (Lipinski definition) is 1. The van der Waals surface area contributed by atoms with Gasteiger partial charge in [0, 0.05) is 12.0 Å². The Balaban J connectivity index is 4.18. The quantitative estimate of drug-likeness (QED) is 0.423. The molecule has 0 aliphatic rings. The number of carbonyl (C=O) groups excluding carboxylic acids is 1. The second-order valence-electron chi connectivity index (χ2n) is 3.42. The molecule has 3 nitrogen and oxygen atoms in total. The van der Waals surface area contributed by atoms with Crippen LogP contribution >= 0.6 is 0 Å². The Morgan fingerprint density at radius 1 is 1.53 bits per heavy atom. The SMILES string of the molecule is CCCC(F)/C=C(\C)C(=O)OC(O)CC. The summed E-state index contributed by atoms with van der Waals surface area (Å²) >= 11 is 0. The van der Waals surface area contributed by atoms with Crippen molar-refractivity contribution in [1.82, 2.24) is 0 Å². The lowest BCUT2D eigenvalue weighted by Crippen LogP contribution is -2.17. The average Bonchev–Trinajstić information content (AvgIpc) is 2.17. The van der Waals surface area contributed by atoms with E-state index in [0.29, 0.717) is 12.8 Å². The van der Waals surface area contributed by atoms with Crippen molar-refractivity contribution in [3.8, 4) is 0 Å². The second kappa shape index (κ2) is 7.40. The molecule has 0 aliphatic heterocycles. The van der Waals surface area contributed by atoms with Crippen LogP contribution in [0.1, 0.15) is 40.0 Å². The normalized spacial score (nSPS) is 15.9. The van der Waals surface area contributed by atoms with Gasteiger partial charge in [-0.25, -0.2) is 9.18 Å². The number of alkyl halides is 1. The molecule has 0 fully saturated rings. The molecule has 0 radical (unpaired) electrons. The Hall–Kier alpha value is -0.900. The van der Waals surface area contributed by atoms with Gasteiger partial charge in [0.15, 0.2) is 0 Å². The Morgan fingerprint density at radius 3 is 2.60 bits per heavy atom. The van der Waals surface area contributed by atoms with Crippen molar-refractivity contribution in [2.24, 2.45) is 0 Å². The lowest BCUT2D eigenvalue weighted by molar-refractivity contribution is -0.163. The highest BCUT2D eigenvalue weighted by molar-refractivity contribution is 5.87. The molecule has 2 unspecified atom stereocenters. The van der Waals surface area contributed by atoms with Gasteiger partial charge in [-0.2, -0.15) is 0 Å². The zero-order valence-corrected chi connectivity index (χ0v) is 9.50. The molecule has 0 amide bonds. The molecule has 0 saturated carbocycles. The van der Waals surface area contributed by atoms with Crippen LogP contribution in [0.2, 0.25) is 0 Å². The van der Waals surface area contributed by atoms with E-state index in [4.69, 9.17) is 5.11 Å². The van der Waals surface area contributed by atoms with Crippen molar-refractivity contribution in [1.29, 1.82) is 0 Å². The van der Waals surface area contributed by atoms with Crippen LogP contribution in [0.15, 0.2) is 11.6 Å². The minimum Gasteiger partial charge on any atom is -0.433 e. The number of halogens is 1. The predicted molar refractivity (Wildman–Crippen MR) is 56.0 cm³/mol. The minimum atomic E-state index is -1.12. The summed E-state index contributed by atoms with van der Waals surface area (Å²) in [7, 11) is 0. The zero-order valence-electron chi connectivity index (χ0n) is 9.50. The molecule has 4 heteroatoms. The monoisotopic (exact) mass is 218 g/mol. The van der Waals surface area contributed by atoms with Gasteiger partial charge < -0.3 is 9.84 Å². The first kappa shape index (κ1) is 14.1. The molecule has 0 heterocycles. The van der Waals surface area contributed by atoms with Crippen molar-refractivity contribution in [3.05, 3.63) is 11.6 Å². The molecule has 1 N–H and O–H groups in total. The van der Waals surface area contributed by atoms with Gasteiger partial charge in [-0.1, -0.05) is 20.3 Å². The smallest absolute Gasteiger partial charge is 0.335 e. The van der Waals surface area contributed by atoms with Gasteiger partial charge in [-0.05, 0) is 19.4 Å². The fraction of sp³-hybridized carbons (Fsp3) is 0.727. The van der Waals surface area contributed by atoms with Crippen LogP contribution in [0, 0.1) is 0 Å². The molecule has 0 aliphatic carbocycles. The largest absolute Gasteiger partial charge is 0.433 e. The molecule has 2 atom stereocenters. The van der Waals surface area contributed by atoms with Gasteiger partial charge in [-0.15, -0.1) is 0 Å². The number of ether oxygens (including phenoxy) is 1. The molecular weight excluding hydrogens is 199 g/mol. The second-order valence-corrected chi connectivity index (χ2v) is 3.42. The summed E-state index contributed by atoms with van der Waals surface area (Å²) in [4.78, 5) is 11.2. The Morgan fingerprint density at radius 2 is 2.13 bits per heavy atom. The van der Waals surface area contributed by atoms with Crippen molar-refractivity contribution >= 4 is 5.97 Å². The number of allylic oxidation sites excluding steroid dienone is 1. The molecule has 0 aromatic heterocycles.